The maximum atomic E-state index is 5.66. The summed E-state index contributed by atoms with van der Waals surface area (Å²) in [5.41, 5.74) is 0. The molecule has 2 rings (SSSR count). The standard InChI is InChI=1S/C14H24N2O/c1-3-9-16(10-13-5-4-8-15-13)11-14-7-6-12(2)17-14/h6-7,13,15H,3-5,8-11H2,1-2H3. The molecule has 0 radical (unpaired) electrons. The second-order valence-corrected chi connectivity index (χ2v) is 5.04. The zero-order valence-corrected chi connectivity index (χ0v) is 11.0. The van der Waals surface area contributed by atoms with Crippen LogP contribution in [0.3, 0.4) is 0 Å². The van der Waals surface area contributed by atoms with Crippen molar-refractivity contribution in [3.63, 3.8) is 0 Å². The van der Waals surface area contributed by atoms with E-state index in [9.17, 15) is 0 Å². The first kappa shape index (κ1) is 12.7. The van der Waals surface area contributed by atoms with Gasteiger partial charge in [-0.25, -0.2) is 0 Å². The van der Waals surface area contributed by atoms with Gasteiger partial charge < -0.3 is 9.73 Å². The minimum atomic E-state index is 0.678. The molecular weight excluding hydrogens is 212 g/mol. The van der Waals surface area contributed by atoms with Crippen LogP contribution >= 0.6 is 0 Å². The van der Waals surface area contributed by atoms with E-state index in [1.165, 1.54) is 25.8 Å². The van der Waals surface area contributed by atoms with Crippen molar-refractivity contribution in [3.05, 3.63) is 23.7 Å². The molecule has 0 aliphatic carbocycles. The van der Waals surface area contributed by atoms with Gasteiger partial charge in [0.15, 0.2) is 0 Å². The lowest BCUT2D eigenvalue weighted by atomic mass is 10.2. The molecular formula is C14H24N2O. The Morgan fingerprint density at radius 1 is 1.47 bits per heavy atom. The van der Waals surface area contributed by atoms with Gasteiger partial charge in [-0.2, -0.15) is 0 Å². The van der Waals surface area contributed by atoms with Crippen LogP contribution in [0.1, 0.15) is 37.7 Å². The van der Waals surface area contributed by atoms with Crippen LogP contribution in [0.5, 0.6) is 0 Å². The second kappa shape index (κ2) is 6.22. The van der Waals surface area contributed by atoms with Crippen molar-refractivity contribution < 1.29 is 4.42 Å². The van der Waals surface area contributed by atoms with Gasteiger partial charge >= 0.3 is 0 Å². The highest BCUT2D eigenvalue weighted by molar-refractivity contribution is 5.05. The molecule has 0 saturated carbocycles. The molecule has 96 valence electrons. The van der Waals surface area contributed by atoms with E-state index in [-0.39, 0.29) is 0 Å². The zero-order valence-electron chi connectivity index (χ0n) is 11.0. The average Bonchev–Trinajstić information content (AvgIpc) is 2.91. The lowest BCUT2D eigenvalue weighted by Crippen LogP contribution is -2.37. The number of nitrogens with zero attached hydrogens (tertiary/aromatic N) is 1. The van der Waals surface area contributed by atoms with Crippen LogP contribution in [0.2, 0.25) is 0 Å². The Morgan fingerprint density at radius 2 is 2.35 bits per heavy atom. The Hall–Kier alpha value is -0.800. The topological polar surface area (TPSA) is 28.4 Å². The molecule has 1 aliphatic rings. The number of hydrogen-bond acceptors (Lipinski definition) is 3. The van der Waals surface area contributed by atoms with Gasteiger partial charge in [-0.3, -0.25) is 4.90 Å². The lowest BCUT2D eigenvalue weighted by Gasteiger charge is -2.24. The highest BCUT2D eigenvalue weighted by Gasteiger charge is 2.18. The van der Waals surface area contributed by atoms with Crippen molar-refractivity contribution in [2.24, 2.45) is 0 Å². The van der Waals surface area contributed by atoms with Gasteiger partial charge in [0.05, 0.1) is 6.54 Å². The first-order valence-electron chi connectivity index (χ1n) is 6.79. The Kier molecular flexibility index (Phi) is 4.63. The van der Waals surface area contributed by atoms with E-state index in [0.717, 1.165) is 31.2 Å². The number of aryl methyl sites for hydroxylation is 1. The van der Waals surface area contributed by atoms with Gasteiger partial charge in [-0.15, -0.1) is 0 Å². The zero-order chi connectivity index (χ0) is 12.1. The molecule has 0 amide bonds. The van der Waals surface area contributed by atoms with Crippen LogP contribution in [0.4, 0.5) is 0 Å². The Labute approximate surface area is 104 Å². The largest absolute Gasteiger partial charge is 0.465 e. The molecule has 0 bridgehead atoms. The van der Waals surface area contributed by atoms with Crippen molar-refractivity contribution in [1.82, 2.24) is 10.2 Å². The van der Waals surface area contributed by atoms with Crippen LogP contribution in [-0.4, -0.2) is 30.6 Å². The van der Waals surface area contributed by atoms with Crippen LogP contribution in [0.15, 0.2) is 16.5 Å². The quantitative estimate of drug-likeness (QED) is 0.823. The van der Waals surface area contributed by atoms with Crippen molar-refractivity contribution in [3.8, 4) is 0 Å². The van der Waals surface area contributed by atoms with Gasteiger partial charge in [0.1, 0.15) is 11.5 Å². The maximum absolute atomic E-state index is 5.66. The minimum absolute atomic E-state index is 0.678. The molecule has 3 heteroatoms. The summed E-state index contributed by atoms with van der Waals surface area (Å²) in [7, 11) is 0. The molecule has 2 heterocycles. The number of hydrogen-bond donors (Lipinski definition) is 1. The van der Waals surface area contributed by atoms with Crippen molar-refractivity contribution in [2.75, 3.05) is 19.6 Å². The summed E-state index contributed by atoms with van der Waals surface area (Å²) < 4.78 is 5.66. The Morgan fingerprint density at radius 3 is 2.94 bits per heavy atom. The van der Waals surface area contributed by atoms with E-state index in [1.807, 2.05) is 13.0 Å². The van der Waals surface area contributed by atoms with E-state index in [1.54, 1.807) is 0 Å². The molecule has 3 nitrogen and oxygen atoms in total. The fourth-order valence-electron chi connectivity index (χ4n) is 2.57. The number of nitrogens with one attached hydrogen (secondary N) is 1. The lowest BCUT2D eigenvalue weighted by molar-refractivity contribution is 0.222. The number of furan rings is 1. The fourth-order valence-corrected chi connectivity index (χ4v) is 2.57. The molecule has 17 heavy (non-hydrogen) atoms. The summed E-state index contributed by atoms with van der Waals surface area (Å²) in [5.74, 6) is 2.10. The average molecular weight is 236 g/mol. The molecule has 0 aromatic carbocycles. The van der Waals surface area contributed by atoms with E-state index >= 15 is 0 Å². The van der Waals surface area contributed by atoms with E-state index < -0.39 is 0 Å². The fraction of sp³-hybridized carbons (Fsp3) is 0.714. The molecule has 1 aliphatic heterocycles. The SMILES string of the molecule is CCCN(Cc1ccc(C)o1)CC1CCCN1. The summed E-state index contributed by atoms with van der Waals surface area (Å²) in [5, 5.41) is 3.56. The summed E-state index contributed by atoms with van der Waals surface area (Å²) in [6.07, 6.45) is 3.84. The minimum Gasteiger partial charge on any atom is -0.465 e. The van der Waals surface area contributed by atoms with Crippen molar-refractivity contribution in [2.45, 2.75) is 45.7 Å². The summed E-state index contributed by atoms with van der Waals surface area (Å²) in [4.78, 5) is 2.50. The third kappa shape index (κ3) is 3.86. The molecule has 1 saturated heterocycles. The molecule has 1 aromatic rings. The summed E-state index contributed by atoms with van der Waals surface area (Å²) >= 11 is 0. The Balaban J connectivity index is 1.87. The maximum Gasteiger partial charge on any atom is 0.118 e. The molecule has 1 unspecified atom stereocenters. The van der Waals surface area contributed by atoms with Gasteiger partial charge in [-0.05, 0) is 51.4 Å². The van der Waals surface area contributed by atoms with Crippen molar-refractivity contribution >= 4 is 0 Å². The van der Waals surface area contributed by atoms with E-state index in [2.05, 4.69) is 23.2 Å². The van der Waals surface area contributed by atoms with Crippen LogP contribution in [0.25, 0.3) is 0 Å². The molecule has 0 spiro atoms. The van der Waals surface area contributed by atoms with E-state index in [0.29, 0.717) is 6.04 Å². The molecule has 1 fully saturated rings. The van der Waals surface area contributed by atoms with Crippen LogP contribution in [0, 0.1) is 6.92 Å². The smallest absolute Gasteiger partial charge is 0.118 e. The second-order valence-electron chi connectivity index (χ2n) is 5.04. The van der Waals surface area contributed by atoms with Gasteiger partial charge in [0, 0.05) is 12.6 Å². The third-order valence-electron chi connectivity index (χ3n) is 3.36. The van der Waals surface area contributed by atoms with E-state index in [4.69, 9.17) is 4.42 Å². The van der Waals surface area contributed by atoms with Crippen molar-refractivity contribution in [1.29, 1.82) is 0 Å². The normalized spacial score (nSPS) is 20.3. The highest BCUT2D eigenvalue weighted by Crippen LogP contribution is 2.13. The predicted octanol–water partition coefficient (Wildman–Crippen LogP) is 2.55. The summed E-state index contributed by atoms with van der Waals surface area (Å²) in [6, 6.07) is 4.82. The molecule has 1 aromatic heterocycles. The first-order valence-corrected chi connectivity index (χ1v) is 6.79. The third-order valence-corrected chi connectivity index (χ3v) is 3.36. The predicted molar refractivity (Wildman–Crippen MR) is 70.0 cm³/mol. The summed E-state index contributed by atoms with van der Waals surface area (Å²) in [6.45, 7) is 8.67. The Bertz CT molecular complexity index is 329. The first-order chi connectivity index (χ1) is 8.28. The van der Waals surface area contributed by atoms with Gasteiger partial charge in [0.25, 0.3) is 0 Å². The van der Waals surface area contributed by atoms with Gasteiger partial charge in [0.2, 0.25) is 0 Å². The monoisotopic (exact) mass is 236 g/mol. The number of rotatable bonds is 6. The van der Waals surface area contributed by atoms with Gasteiger partial charge in [-0.1, -0.05) is 6.92 Å². The van der Waals surface area contributed by atoms with Crippen LogP contribution in [-0.2, 0) is 6.54 Å². The van der Waals surface area contributed by atoms with Crippen LogP contribution < -0.4 is 5.32 Å². The molecule has 1 atom stereocenters. The highest BCUT2D eigenvalue weighted by atomic mass is 16.3. The molecule has 1 N–H and O–H groups in total.